The number of rotatable bonds is 5. The number of methoxy groups -OCH3 is 1. The number of thiophene rings is 1. The summed E-state index contributed by atoms with van der Waals surface area (Å²) in [7, 11) is 1.67. The lowest BCUT2D eigenvalue weighted by atomic mass is 10.1. The number of benzene rings is 2. The predicted octanol–water partition coefficient (Wildman–Crippen LogP) is 4.83. The Bertz CT molecular complexity index is 1190. The molecule has 0 saturated carbocycles. The Labute approximate surface area is 184 Å². The van der Waals surface area contributed by atoms with Crippen molar-refractivity contribution in [2.24, 2.45) is 0 Å². The van der Waals surface area contributed by atoms with Crippen molar-refractivity contribution in [1.29, 1.82) is 0 Å². The molecule has 2 aromatic heterocycles. The number of hydrogen-bond acceptors (Lipinski definition) is 6. The van der Waals surface area contributed by atoms with E-state index in [1.165, 1.54) is 6.07 Å². The van der Waals surface area contributed by atoms with Crippen LogP contribution in [0.5, 0.6) is 5.75 Å². The van der Waals surface area contributed by atoms with Crippen molar-refractivity contribution >= 4 is 27.4 Å². The first-order valence-electron chi connectivity index (χ1n) is 10.3. The Hall–Kier alpha value is -3.03. The molecule has 5 rings (SSSR count). The topological polar surface area (TPSA) is 41.5 Å². The minimum absolute atomic E-state index is 0.134. The fraction of sp³-hybridized carbons (Fsp3) is 0.250. The molecule has 0 atom stereocenters. The Balaban J connectivity index is 1.38. The van der Waals surface area contributed by atoms with Gasteiger partial charge in [-0.15, -0.1) is 11.3 Å². The van der Waals surface area contributed by atoms with E-state index in [-0.39, 0.29) is 5.82 Å². The Kier molecular flexibility index (Phi) is 5.53. The zero-order valence-electron chi connectivity index (χ0n) is 17.3. The highest BCUT2D eigenvalue weighted by molar-refractivity contribution is 7.17. The number of aromatic nitrogens is 2. The molecule has 0 spiro atoms. The molecule has 5 nitrogen and oxygen atoms in total. The van der Waals surface area contributed by atoms with Gasteiger partial charge in [0.25, 0.3) is 0 Å². The average molecular weight is 435 g/mol. The van der Waals surface area contributed by atoms with Crippen molar-refractivity contribution in [2.75, 3.05) is 38.2 Å². The lowest BCUT2D eigenvalue weighted by Crippen LogP contribution is -2.46. The van der Waals surface area contributed by atoms with Crippen molar-refractivity contribution in [2.45, 2.75) is 6.54 Å². The van der Waals surface area contributed by atoms with Gasteiger partial charge in [0, 0.05) is 49.2 Å². The van der Waals surface area contributed by atoms with Gasteiger partial charge in [-0.2, -0.15) is 0 Å². The van der Waals surface area contributed by atoms with Crippen LogP contribution in [0.25, 0.3) is 21.3 Å². The fourth-order valence-electron chi connectivity index (χ4n) is 4.07. The van der Waals surface area contributed by atoms with E-state index in [1.54, 1.807) is 30.8 Å². The smallest absolute Gasteiger partial charge is 0.141 e. The molecule has 1 aliphatic heterocycles. The van der Waals surface area contributed by atoms with Gasteiger partial charge in [0.05, 0.1) is 12.5 Å². The van der Waals surface area contributed by atoms with Crippen molar-refractivity contribution in [3.63, 3.8) is 0 Å². The van der Waals surface area contributed by atoms with Crippen LogP contribution in [-0.2, 0) is 6.54 Å². The van der Waals surface area contributed by atoms with Crippen LogP contribution in [0.4, 0.5) is 10.2 Å². The molecule has 2 aromatic carbocycles. The predicted molar refractivity (Wildman–Crippen MR) is 123 cm³/mol. The Morgan fingerprint density at radius 2 is 1.77 bits per heavy atom. The maximum Gasteiger partial charge on any atom is 0.141 e. The zero-order valence-corrected chi connectivity index (χ0v) is 18.1. The van der Waals surface area contributed by atoms with Crippen LogP contribution in [0.1, 0.15) is 5.56 Å². The van der Waals surface area contributed by atoms with Gasteiger partial charge in [-0.25, -0.2) is 14.4 Å². The maximum atomic E-state index is 14.0. The van der Waals surface area contributed by atoms with Gasteiger partial charge in [-0.1, -0.05) is 30.3 Å². The molecule has 3 heterocycles. The molecular formula is C24H23FN4OS. The lowest BCUT2D eigenvalue weighted by molar-refractivity contribution is 0.246. The van der Waals surface area contributed by atoms with Crippen LogP contribution in [0.3, 0.4) is 0 Å². The van der Waals surface area contributed by atoms with Crippen LogP contribution in [0, 0.1) is 5.82 Å². The zero-order chi connectivity index (χ0) is 21.2. The van der Waals surface area contributed by atoms with Gasteiger partial charge in [0.2, 0.25) is 0 Å². The highest BCUT2D eigenvalue weighted by atomic mass is 32.1. The third-order valence-electron chi connectivity index (χ3n) is 5.77. The second-order valence-corrected chi connectivity index (χ2v) is 8.47. The molecule has 0 unspecified atom stereocenters. The summed E-state index contributed by atoms with van der Waals surface area (Å²) >= 11 is 1.64. The molecule has 0 bridgehead atoms. The lowest BCUT2D eigenvalue weighted by Gasteiger charge is -2.35. The fourth-order valence-corrected chi connectivity index (χ4v) is 4.98. The molecule has 0 radical (unpaired) electrons. The second-order valence-electron chi connectivity index (χ2n) is 7.61. The van der Waals surface area contributed by atoms with E-state index in [9.17, 15) is 4.39 Å². The number of nitrogens with zero attached hydrogens (tertiary/aromatic N) is 4. The molecule has 1 fully saturated rings. The molecule has 0 aliphatic carbocycles. The summed E-state index contributed by atoms with van der Waals surface area (Å²) in [6.45, 7) is 4.05. The van der Waals surface area contributed by atoms with E-state index in [0.29, 0.717) is 6.54 Å². The Morgan fingerprint density at radius 1 is 1.00 bits per heavy atom. The Morgan fingerprint density at radius 3 is 2.52 bits per heavy atom. The van der Waals surface area contributed by atoms with Gasteiger partial charge < -0.3 is 9.64 Å². The molecule has 7 heteroatoms. The molecule has 31 heavy (non-hydrogen) atoms. The molecule has 158 valence electrons. The summed E-state index contributed by atoms with van der Waals surface area (Å²) in [5.41, 5.74) is 3.02. The minimum atomic E-state index is -0.134. The number of hydrogen-bond donors (Lipinski definition) is 0. The van der Waals surface area contributed by atoms with Crippen molar-refractivity contribution in [1.82, 2.24) is 14.9 Å². The van der Waals surface area contributed by atoms with Gasteiger partial charge in [0.1, 0.15) is 28.5 Å². The van der Waals surface area contributed by atoms with Gasteiger partial charge in [-0.3, -0.25) is 4.90 Å². The number of anilines is 1. The SMILES string of the molecule is COc1ccc(-c2csc3ncnc(N4CCN(Cc5ccccc5F)CC4)c23)cc1. The number of fused-ring (bicyclic) bond motifs is 1. The summed E-state index contributed by atoms with van der Waals surface area (Å²) in [4.78, 5) is 14.8. The van der Waals surface area contributed by atoms with E-state index < -0.39 is 0 Å². The summed E-state index contributed by atoms with van der Waals surface area (Å²) < 4.78 is 19.3. The summed E-state index contributed by atoms with van der Waals surface area (Å²) in [6.07, 6.45) is 1.65. The second kappa shape index (κ2) is 8.61. The van der Waals surface area contributed by atoms with E-state index in [4.69, 9.17) is 4.74 Å². The van der Waals surface area contributed by atoms with Crippen LogP contribution in [0.15, 0.2) is 60.2 Å². The van der Waals surface area contributed by atoms with Crippen LogP contribution < -0.4 is 9.64 Å². The van der Waals surface area contributed by atoms with Gasteiger partial charge >= 0.3 is 0 Å². The van der Waals surface area contributed by atoms with Crippen LogP contribution in [0.2, 0.25) is 0 Å². The first-order valence-corrected chi connectivity index (χ1v) is 11.2. The number of piperazine rings is 1. The summed E-state index contributed by atoms with van der Waals surface area (Å²) in [6, 6.07) is 15.1. The standard InChI is InChI=1S/C24H23FN4OS/c1-30-19-8-6-17(7-9-19)20-15-31-24-22(20)23(26-16-27-24)29-12-10-28(11-13-29)14-18-4-2-3-5-21(18)25/h2-9,15-16H,10-14H2,1H3. The molecular weight excluding hydrogens is 411 g/mol. The monoisotopic (exact) mass is 434 g/mol. The van der Waals surface area contributed by atoms with E-state index in [1.807, 2.05) is 24.3 Å². The van der Waals surface area contributed by atoms with E-state index in [2.05, 4.69) is 37.3 Å². The van der Waals surface area contributed by atoms with Gasteiger partial charge in [0.15, 0.2) is 0 Å². The molecule has 1 saturated heterocycles. The summed E-state index contributed by atoms with van der Waals surface area (Å²) in [5, 5.41) is 3.25. The number of ether oxygens (including phenoxy) is 1. The molecule has 4 aromatic rings. The highest BCUT2D eigenvalue weighted by Gasteiger charge is 2.23. The average Bonchev–Trinajstić information content (AvgIpc) is 3.26. The quantitative estimate of drug-likeness (QED) is 0.450. The van der Waals surface area contributed by atoms with Gasteiger partial charge in [-0.05, 0) is 23.8 Å². The molecule has 0 N–H and O–H groups in total. The maximum absolute atomic E-state index is 14.0. The third-order valence-corrected chi connectivity index (χ3v) is 6.66. The third kappa shape index (κ3) is 3.98. The van der Waals surface area contributed by atoms with Crippen molar-refractivity contribution in [3.05, 3.63) is 71.6 Å². The first kappa shape index (κ1) is 19.9. The van der Waals surface area contributed by atoms with Crippen molar-refractivity contribution in [3.8, 4) is 16.9 Å². The number of halogens is 1. The summed E-state index contributed by atoms with van der Waals surface area (Å²) in [5.74, 6) is 1.68. The van der Waals surface area contributed by atoms with E-state index >= 15 is 0 Å². The minimum Gasteiger partial charge on any atom is -0.497 e. The van der Waals surface area contributed by atoms with Crippen LogP contribution in [-0.4, -0.2) is 48.2 Å². The highest BCUT2D eigenvalue weighted by Crippen LogP contribution is 2.38. The molecule has 0 amide bonds. The molecule has 1 aliphatic rings. The van der Waals surface area contributed by atoms with Crippen molar-refractivity contribution < 1.29 is 9.13 Å². The normalized spacial score (nSPS) is 14.8. The largest absolute Gasteiger partial charge is 0.497 e. The van der Waals surface area contributed by atoms with E-state index in [0.717, 1.165) is 64.7 Å². The first-order chi connectivity index (χ1) is 15.2. The van der Waals surface area contributed by atoms with Crippen LogP contribution >= 0.6 is 11.3 Å².